The molecule has 0 fully saturated rings. The van der Waals surface area contributed by atoms with Gasteiger partial charge >= 0.3 is 0 Å². The van der Waals surface area contributed by atoms with Crippen LogP contribution < -0.4 is 10.1 Å². The molecule has 2 aromatic carbocycles. The topological polar surface area (TPSA) is 64.1 Å². The van der Waals surface area contributed by atoms with Crippen molar-refractivity contribution in [2.24, 2.45) is 0 Å². The van der Waals surface area contributed by atoms with Crippen LogP contribution >= 0.6 is 11.3 Å². The zero-order valence-electron chi connectivity index (χ0n) is 15.4. The number of nitrogens with one attached hydrogen (secondary N) is 1. The number of anilines is 1. The summed E-state index contributed by atoms with van der Waals surface area (Å²) in [5, 5.41) is 3.75. The molecule has 5 nitrogen and oxygen atoms in total. The van der Waals surface area contributed by atoms with E-state index < -0.39 is 0 Å². The summed E-state index contributed by atoms with van der Waals surface area (Å²) in [6.07, 6.45) is 2.03. The largest absolute Gasteiger partial charge is 0.494 e. The van der Waals surface area contributed by atoms with Crippen LogP contribution in [0.15, 0.2) is 66.9 Å². The van der Waals surface area contributed by atoms with Gasteiger partial charge in [-0.15, -0.1) is 11.3 Å². The average molecular weight is 389 g/mol. The molecule has 6 heteroatoms. The minimum Gasteiger partial charge on any atom is -0.494 e. The van der Waals surface area contributed by atoms with E-state index in [0.717, 1.165) is 32.1 Å². The second kappa shape index (κ2) is 8.19. The number of fused-ring (bicyclic) bond motifs is 1. The summed E-state index contributed by atoms with van der Waals surface area (Å²) >= 11 is 1.63. The lowest BCUT2D eigenvalue weighted by Gasteiger charge is -2.06. The Balaban J connectivity index is 1.40. The fourth-order valence-electron chi connectivity index (χ4n) is 2.83. The van der Waals surface area contributed by atoms with E-state index in [0.29, 0.717) is 12.4 Å². The molecule has 0 aliphatic rings. The van der Waals surface area contributed by atoms with Crippen molar-refractivity contribution in [2.75, 3.05) is 11.9 Å². The normalized spacial score (nSPS) is 10.8. The zero-order chi connectivity index (χ0) is 19.3. The standard InChI is InChI=1S/C22H19N3O2S/c1-2-27-17-10-7-15(8-11-17)13-21(26)25-20-12-9-16(14-23-20)22-24-18-5-3-4-6-19(18)28-22/h3-12,14H,2,13H2,1H3,(H,23,25,26). The van der Waals surface area contributed by atoms with Crippen LogP contribution in [0.2, 0.25) is 0 Å². The van der Waals surface area contributed by atoms with Crippen molar-refractivity contribution in [3.63, 3.8) is 0 Å². The second-order valence-electron chi connectivity index (χ2n) is 6.22. The minimum atomic E-state index is -0.107. The maximum absolute atomic E-state index is 12.3. The lowest BCUT2D eigenvalue weighted by Crippen LogP contribution is -2.15. The molecule has 0 saturated heterocycles. The van der Waals surface area contributed by atoms with Crippen LogP contribution in [-0.2, 0) is 11.2 Å². The van der Waals surface area contributed by atoms with E-state index in [1.807, 2.05) is 55.5 Å². The van der Waals surface area contributed by atoms with Gasteiger partial charge in [0.25, 0.3) is 0 Å². The third kappa shape index (κ3) is 4.18. The maximum Gasteiger partial charge on any atom is 0.229 e. The van der Waals surface area contributed by atoms with Crippen LogP contribution in [0.25, 0.3) is 20.8 Å². The molecule has 0 spiro atoms. The van der Waals surface area contributed by atoms with Gasteiger partial charge in [-0.25, -0.2) is 9.97 Å². The molecule has 0 aliphatic carbocycles. The van der Waals surface area contributed by atoms with E-state index in [9.17, 15) is 4.79 Å². The van der Waals surface area contributed by atoms with Crippen molar-refractivity contribution in [3.8, 4) is 16.3 Å². The molecule has 0 unspecified atom stereocenters. The molecule has 0 saturated carbocycles. The van der Waals surface area contributed by atoms with E-state index in [2.05, 4.69) is 21.4 Å². The highest BCUT2D eigenvalue weighted by atomic mass is 32.1. The molecule has 0 atom stereocenters. The molecular formula is C22H19N3O2S. The Morgan fingerprint density at radius 2 is 1.89 bits per heavy atom. The number of carbonyl (C=O) groups is 1. The number of ether oxygens (including phenoxy) is 1. The smallest absolute Gasteiger partial charge is 0.229 e. The van der Waals surface area contributed by atoms with Gasteiger partial charge in [-0.05, 0) is 48.9 Å². The molecule has 1 N–H and O–H groups in total. The first-order valence-corrected chi connectivity index (χ1v) is 9.86. The third-order valence-corrected chi connectivity index (χ3v) is 5.26. The molecular weight excluding hydrogens is 370 g/mol. The summed E-state index contributed by atoms with van der Waals surface area (Å²) in [5.41, 5.74) is 2.84. The predicted molar refractivity (Wildman–Crippen MR) is 113 cm³/mol. The SMILES string of the molecule is CCOc1ccc(CC(=O)Nc2ccc(-c3nc4ccccc4s3)cn2)cc1. The van der Waals surface area contributed by atoms with Gasteiger partial charge in [0.05, 0.1) is 23.2 Å². The molecule has 0 aliphatic heterocycles. The lowest BCUT2D eigenvalue weighted by atomic mass is 10.1. The van der Waals surface area contributed by atoms with Crippen molar-refractivity contribution in [3.05, 3.63) is 72.4 Å². The zero-order valence-corrected chi connectivity index (χ0v) is 16.2. The van der Waals surface area contributed by atoms with E-state index >= 15 is 0 Å². The van der Waals surface area contributed by atoms with Crippen LogP contribution in [0.3, 0.4) is 0 Å². The molecule has 2 aromatic heterocycles. The first kappa shape index (κ1) is 18.1. The fourth-order valence-corrected chi connectivity index (χ4v) is 3.79. The monoisotopic (exact) mass is 389 g/mol. The highest BCUT2D eigenvalue weighted by Crippen LogP contribution is 2.29. The Morgan fingerprint density at radius 3 is 2.61 bits per heavy atom. The first-order valence-electron chi connectivity index (χ1n) is 9.05. The maximum atomic E-state index is 12.3. The van der Waals surface area contributed by atoms with Gasteiger partial charge in [-0.2, -0.15) is 0 Å². The summed E-state index contributed by atoms with van der Waals surface area (Å²) in [7, 11) is 0. The van der Waals surface area contributed by atoms with Crippen LogP contribution in [0.4, 0.5) is 5.82 Å². The van der Waals surface area contributed by atoms with Crippen molar-refractivity contribution in [1.29, 1.82) is 0 Å². The van der Waals surface area contributed by atoms with Crippen molar-refractivity contribution < 1.29 is 9.53 Å². The van der Waals surface area contributed by atoms with Crippen molar-refractivity contribution in [2.45, 2.75) is 13.3 Å². The van der Waals surface area contributed by atoms with Gasteiger partial charge < -0.3 is 10.1 Å². The number of pyridine rings is 1. The number of benzene rings is 2. The number of hydrogen-bond acceptors (Lipinski definition) is 5. The van der Waals surface area contributed by atoms with Gasteiger partial charge in [0.15, 0.2) is 0 Å². The number of nitrogens with zero attached hydrogens (tertiary/aromatic N) is 2. The molecule has 140 valence electrons. The Bertz CT molecular complexity index is 1060. The average Bonchev–Trinajstić information content (AvgIpc) is 3.14. The summed E-state index contributed by atoms with van der Waals surface area (Å²) in [6, 6.07) is 19.3. The predicted octanol–water partition coefficient (Wildman–Crippen LogP) is 4.94. The number of aromatic nitrogens is 2. The quantitative estimate of drug-likeness (QED) is 0.507. The third-order valence-electron chi connectivity index (χ3n) is 4.17. The number of carbonyl (C=O) groups excluding carboxylic acids is 1. The highest BCUT2D eigenvalue weighted by molar-refractivity contribution is 7.21. The van der Waals surface area contributed by atoms with Gasteiger partial charge in [0.2, 0.25) is 5.91 Å². The van der Waals surface area contributed by atoms with Gasteiger partial charge in [0, 0.05) is 11.8 Å². The van der Waals surface area contributed by atoms with Gasteiger partial charge in [-0.3, -0.25) is 4.79 Å². The number of hydrogen-bond donors (Lipinski definition) is 1. The Morgan fingerprint density at radius 1 is 1.07 bits per heavy atom. The lowest BCUT2D eigenvalue weighted by molar-refractivity contribution is -0.115. The van der Waals surface area contributed by atoms with Crippen LogP contribution in [-0.4, -0.2) is 22.5 Å². The van der Waals surface area contributed by atoms with Gasteiger partial charge in [-0.1, -0.05) is 24.3 Å². The van der Waals surface area contributed by atoms with Crippen LogP contribution in [0.5, 0.6) is 5.75 Å². The molecule has 2 heterocycles. The minimum absolute atomic E-state index is 0.107. The molecule has 4 aromatic rings. The van der Waals surface area contributed by atoms with Crippen molar-refractivity contribution in [1.82, 2.24) is 9.97 Å². The molecule has 0 bridgehead atoms. The second-order valence-corrected chi connectivity index (χ2v) is 7.25. The summed E-state index contributed by atoms with van der Waals surface area (Å²) < 4.78 is 6.56. The molecule has 0 radical (unpaired) electrons. The molecule has 28 heavy (non-hydrogen) atoms. The van der Waals surface area contributed by atoms with E-state index in [-0.39, 0.29) is 12.3 Å². The van der Waals surface area contributed by atoms with E-state index in [1.165, 1.54) is 0 Å². The number of rotatable bonds is 6. The number of para-hydroxylation sites is 1. The van der Waals surface area contributed by atoms with E-state index in [1.54, 1.807) is 23.6 Å². The van der Waals surface area contributed by atoms with Crippen LogP contribution in [0, 0.1) is 0 Å². The Hall–Kier alpha value is -3.25. The molecule has 1 amide bonds. The summed E-state index contributed by atoms with van der Waals surface area (Å²) in [6.45, 7) is 2.56. The first-order chi connectivity index (χ1) is 13.7. The van der Waals surface area contributed by atoms with Crippen LogP contribution in [0.1, 0.15) is 12.5 Å². The fraction of sp³-hybridized carbons (Fsp3) is 0.136. The highest BCUT2D eigenvalue weighted by Gasteiger charge is 2.08. The Labute approximate surface area is 167 Å². The van der Waals surface area contributed by atoms with Gasteiger partial charge in [0.1, 0.15) is 16.6 Å². The summed E-state index contributed by atoms with van der Waals surface area (Å²) in [4.78, 5) is 21.3. The number of amides is 1. The van der Waals surface area contributed by atoms with Crippen molar-refractivity contribution >= 4 is 33.3 Å². The Kier molecular flexibility index (Phi) is 5.30. The number of thiazole rings is 1. The molecule has 4 rings (SSSR count). The van der Waals surface area contributed by atoms with E-state index in [4.69, 9.17) is 4.74 Å². The summed E-state index contributed by atoms with van der Waals surface area (Å²) in [5.74, 6) is 1.23.